The van der Waals surface area contributed by atoms with Gasteiger partial charge in [0.1, 0.15) is 23.9 Å². The summed E-state index contributed by atoms with van der Waals surface area (Å²) < 4.78 is 21.0. The quantitative estimate of drug-likeness (QED) is 0.395. The van der Waals surface area contributed by atoms with Gasteiger partial charge in [0.25, 0.3) is 0 Å². The molecule has 4 aromatic rings. The number of nitrogens with zero attached hydrogens (tertiary/aromatic N) is 4. The molecule has 0 unspecified atom stereocenters. The van der Waals surface area contributed by atoms with Crippen molar-refractivity contribution in [2.75, 3.05) is 31.6 Å². The van der Waals surface area contributed by atoms with E-state index in [0.29, 0.717) is 35.9 Å². The van der Waals surface area contributed by atoms with Crippen molar-refractivity contribution in [3.05, 3.63) is 96.2 Å². The minimum Gasteiger partial charge on any atom is -0.497 e. The smallest absolute Gasteiger partial charge is 0.246 e. The van der Waals surface area contributed by atoms with Gasteiger partial charge in [-0.05, 0) is 55.0 Å². The zero-order valence-corrected chi connectivity index (χ0v) is 20.7. The maximum absolute atomic E-state index is 13.8. The van der Waals surface area contributed by atoms with Crippen molar-refractivity contribution >= 4 is 17.5 Å². The third-order valence-corrected chi connectivity index (χ3v) is 6.51. The Balaban J connectivity index is 1.37. The highest BCUT2D eigenvalue weighted by atomic mass is 19.1. The molecule has 0 atom stereocenters. The normalized spacial score (nSPS) is 13.6. The largest absolute Gasteiger partial charge is 0.497 e. The first-order valence-electron chi connectivity index (χ1n) is 12.1. The Morgan fingerprint density at radius 3 is 2.51 bits per heavy atom. The number of aryl methyl sites for hydroxylation is 1. The average molecular weight is 499 g/mol. The summed E-state index contributed by atoms with van der Waals surface area (Å²) in [5, 5.41) is 0. The van der Waals surface area contributed by atoms with Crippen LogP contribution in [0.4, 0.5) is 10.1 Å². The first kappa shape index (κ1) is 24.2. The fourth-order valence-corrected chi connectivity index (χ4v) is 4.48. The predicted octanol–water partition coefficient (Wildman–Crippen LogP) is 4.41. The van der Waals surface area contributed by atoms with Gasteiger partial charge in [-0.25, -0.2) is 9.37 Å². The molecule has 3 aromatic carbocycles. The Morgan fingerprint density at radius 1 is 1.00 bits per heavy atom. The number of amides is 2. The summed E-state index contributed by atoms with van der Waals surface area (Å²) in [6.45, 7) is 2.51. The summed E-state index contributed by atoms with van der Waals surface area (Å²) >= 11 is 0. The van der Waals surface area contributed by atoms with E-state index in [-0.39, 0.29) is 30.6 Å². The number of piperazine rings is 1. The van der Waals surface area contributed by atoms with E-state index >= 15 is 0 Å². The predicted molar refractivity (Wildman–Crippen MR) is 139 cm³/mol. The molecule has 0 spiro atoms. The molecule has 0 N–H and O–H groups in total. The third-order valence-electron chi connectivity index (χ3n) is 6.51. The van der Waals surface area contributed by atoms with Crippen molar-refractivity contribution < 1.29 is 18.7 Å². The van der Waals surface area contributed by atoms with Crippen LogP contribution in [-0.2, 0) is 16.0 Å². The first-order valence-corrected chi connectivity index (χ1v) is 12.1. The van der Waals surface area contributed by atoms with E-state index in [2.05, 4.69) is 0 Å². The molecule has 1 aliphatic heterocycles. The van der Waals surface area contributed by atoms with Crippen LogP contribution in [-0.4, -0.2) is 53.0 Å². The van der Waals surface area contributed by atoms with E-state index in [1.807, 2.05) is 65.4 Å². The molecule has 8 heteroatoms. The molecule has 37 heavy (non-hydrogen) atoms. The number of methoxy groups -OCH3 is 1. The molecule has 1 saturated heterocycles. The lowest BCUT2D eigenvalue weighted by atomic mass is 10.1. The third kappa shape index (κ3) is 5.09. The number of hydrogen-bond donors (Lipinski definition) is 0. The Hall–Kier alpha value is -4.46. The Morgan fingerprint density at radius 2 is 1.78 bits per heavy atom. The molecule has 1 aromatic heterocycles. The summed E-state index contributed by atoms with van der Waals surface area (Å²) in [5.41, 5.74) is 3.55. The van der Waals surface area contributed by atoms with Gasteiger partial charge in [0.05, 0.1) is 19.2 Å². The lowest BCUT2D eigenvalue weighted by Crippen LogP contribution is -2.52. The van der Waals surface area contributed by atoms with E-state index in [9.17, 15) is 14.0 Å². The van der Waals surface area contributed by atoms with Crippen LogP contribution >= 0.6 is 0 Å². The van der Waals surface area contributed by atoms with Crippen molar-refractivity contribution in [2.24, 2.45) is 0 Å². The number of carbonyl (C=O) groups is 2. The molecule has 0 radical (unpaired) electrons. The molecule has 1 aliphatic rings. The van der Waals surface area contributed by atoms with Crippen molar-refractivity contribution in [1.29, 1.82) is 0 Å². The van der Waals surface area contributed by atoms with E-state index in [1.165, 1.54) is 6.07 Å². The summed E-state index contributed by atoms with van der Waals surface area (Å²) in [6, 6.07) is 21.8. The van der Waals surface area contributed by atoms with Gasteiger partial charge in [-0.2, -0.15) is 0 Å². The van der Waals surface area contributed by atoms with E-state index in [0.717, 1.165) is 16.9 Å². The van der Waals surface area contributed by atoms with E-state index < -0.39 is 0 Å². The molecule has 7 nitrogen and oxygen atoms in total. The lowest BCUT2D eigenvalue weighted by molar-refractivity contribution is -0.136. The first-order chi connectivity index (χ1) is 17.9. The van der Waals surface area contributed by atoms with Gasteiger partial charge in [-0.1, -0.05) is 24.3 Å². The standard InChI is InChI=1S/C29H27FN4O3/c1-20-15-21(11-12-25(20)30)26-18-34(22-7-4-3-5-8-22)27(31-26)17-28(35)32-13-14-33(29(36)19-32)23-9-6-10-24(16-23)37-2/h3-12,15-16,18H,13-14,17,19H2,1-2H3. The maximum atomic E-state index is 13.8. The monoisotopic (exact) mass is 498 g/mol. The van der Waals surface area contributed by atoms with Crippen molar-refractivity contribution in [3.8, 4) is 22.7 Å². The topological polar surface area (TPSA) is 67.7 Å². The number of benzene rings is 3. The number of rotatable bonds is 6. The molecule has 5 rings (SSSR count). The van der Waals surface area contributed by atoms with Gasteiger partial charge >= 0.3 is 0 Å². The van der Waals surface area contributed by atoms with Crippen molar-refractivity contribution in [3.63, 3.8) is 0 Å². The second-order valence-electron chi connectivity index (χ2n) is 8.95. The number of hydrogen-bond acceptors (Lipinski definition) is 4. The minimum atomic E-state index is -0.278. The van der Waals surface area contributed by atoms with Gasteiger partial charge < -0.3 is 19.1 Å². The highest BCUT2D eigenvalue weighted by molar-refractivity contribution is 5.98. The lowest BCUT2D eigenvalue weighted by Gasteiger charge is -2.34. The van der Waals surface area contributed by atoms with Gasteiger partial charge in [0, 0.05) is 42.3 Å². The van der Waals surface area contributed by atoms with Gasteiger partial charge in [-0.15, -0.1) is 0 Å². The Bertz CT molecular complexity index is 1450. The molecular weight excluding hydrogens is 471 g/mol. The Labute approximate surface area is 214 Å². The molecule has 188 valence electrons. The van der Waals surface area contributed by atoms with Crippen LogP contribution in [0, 0.1) is 12.7 Å². The maximum Gasteiger partial charge on any atom is 0.246 e. The second-order valence-corrected chi connectivity index (χ2v) is 8.95. The SMILES string of the molecule is COc1cccc(N2CCN(C(=O)Cc3nc(-c4ccc(F)c(C)c4)cn3-c3ccccc3)CC2=O)c1. The molecular formula is C29H27FN4O3. The minimum absolute atomic E-state index is 0.00783. The van der Waals surface area contributed by atoms with Gasteiger partial charge in [-0.3, -0.25) is 9.59 Å². The average Bonchev–Trinajstić information content (AvgIpc) is 3.34. The number of anilines is 1. The van der Waals surface area contributed by atoms with Crippen molar-refractivity contribution in [2.45, 2.75) is 13.3 Å². The molecule has 2 amide bonds. The van der Waals surface area contributed by atoms with Gasteiger partial charge in [0.15, 0.2) is 0 Å². The molecule has 0 bridgehead atoms. The van der Waals surface area contributed by atoms with Crippen LogP contribution in [0.5, 0.6) is 5.75 Å². The number of aromatic nitrogens is 2. The van der Waals surface area contributed by atoms with Crippen LogP contribution in [0.15, 0.2) is 79.0 Å². The fraction of sp³-hybridized carbons (Fsp3) is 0.207. The fourth-order valence-electron chi connectivity index (χ4n) is 4.48. The van der Waals surface area contributed by atoms with E-state index in [4.69, 9.17) is 9.72 Å². The number of ether oxygens (including phenoxy) is 1. The molecule has 0 aliphatic carbocycles. The van der Waals surface area contributed by atoms with Crippen molar-refractivity contribution in [1.82, 2.24) is 14.5 Å². The number of para-hydroxylation sites is 1. The molecule has 0 saturated carbocycles. The van der Waals surface area contributed by atoms with E-state index in [1.54, 1.807) is 36.0 Å². The molecule has 1 fully saturated rings. The summed E-state index contributed by atoms with van der Waals surface area (Å²) in [5.74, 6) is 0.615. The highest BCUT2D eigenvalue weighted by Gasteiger charge is 2.29. The van der Waals surface area contributed by atoms with Crippen LogP contribution in [0.3, 0.4) is 0 Å². The van der Waals surface area contributed by atoms with Crippen LogP contribution in [0.2, 0.25) is 0 Å². The van der Waals surface area contributed by atoms with Crippen LogP contribution < -0.4 is 9.64 Å². The van der Waals surface area contributed by atoms with Crippen LogP contribution in [0.25, 0.3) is 16.9 Å². The Kier molecular flexibility index (Phi) is 6.72. The zero-order chi connectivity index (χ0) is 25.9. The second kappa shape index (κ2) is 10.3. The highest BCUT2D eigenvalue weighted by Crippen LogP contribution is 2.25. The zero-order valence-electron chi connectivity index (χ0n) is 20.7. The molecule has 2 heterocycles. The van der Waals surface area contributed by atoms with Gasteiger partial charge in [0.2, 0.25) is 11.8 Å². The summed E-state index contributed by atoms with van der Waals surface area (Å²) in [7, 11) is 1.58. The number of halogens is 1. The number of carbonyl (C=O) groups excluding carboxylic acids is 2. The van der Waals surface area contributed by atoms with Crippen LogP contribution in [0.1, 0.15) is 11.4 Å². The number of imidazole rings is 1. The summed E-state index contributed by atoms with van der Waals surface area (Å²) in [6.07, 6.45) is 1.89. The summed E-state index contributed by atoms with van der Waals surface area (Å²) in [4.78, 5) is 34.2.